The molecule has 5 aliphatic rings. The maximum Gasteiger partial charge on any atom is 0.218 e. The van der Waals surface area contributed by atoms with Crippen molar-refractivity contribution in [3.8, 4) is 0 Å². The summed E-state index contributed by atoms with van der Waals surface area (Å²) in [7, 11) is 0. The molecule has 172 valence electrons. The number of carbonyl (C=O) groups is 2. The third-order valence-corrected chi connectivity index (χ3v) is 9.85. The van der Waals surface area contributed by atoms with Gasteiger partial charge in [0.15, 0.2) is 27.6 Å². The molecular formula is C25H29BrO6. The number of hydrogen-bond donors (Lipinski definition) is 1. The lowest BCUT2D eigenvalue weighted by Gasteiger charge is -2.55. The van der Waals surface area contributed by atoms with Crippen molar-refractivity contribution in [3.05, 3.63) is 34.2 Å². The van der Waals surface area contributed by atoms with Crippen LogP contribution >= 0.6 is 15.9 Å². The third kappa shape index (κ3) is 2.74. The number of halogens is 1. The van der Waals surface area contributed by atoms with Gasteiger partial charge in [-0.05, 0) is 96.3 Å². The van der Waals surface area contributed by atoms with Crippen molar-refractivity contribution in [2.24, 2.45) is 29.1 Å². The topological polar surface area (TPSA) is 86.0 Å². The minimum atomic E-state index is -1.15. The van der Waals surface area contributed by atoms with Gasteiger partial charge in [0.05, 0.1) is 6.10 Å². The van der Waals surface area contributed by atoms with Gasteiger partial charge in [-0.2, -0.15) is 0 Å². The summed E-state index contributed by atoms with van der Waals surface area (Å²) < 4.78 is 19.1. The van der Waals surface area contributed by atoms with E-state index in [1.54, 1.807) is 12.1 Å². The van der Waals surface area contributed by atoms with Crippen LogP contribution in [0.3, 0.4) is 0 Å². The Morgan fingerprint density at radius 1 is 1.22 bits per heavy atom. The zero-order valence-corrected chi connectivity index (χ0v) is 19.8. The standard InChI is InChI=1S/C25H29BrO6/c1-24-9-8-16-15-5-3-14(28)10-13(15)2-4-17(16)18(24)11-21-25(24,20(29)12-27)32-23(31-21)19-6-7-22(26)30-19/h6-7,10,15-18,21,23,27H,2-5,8-9,11-12H2,1H3/t15-,16?,17?,18?,21?,23+,24-,25+/m0/s1. The van der Waals surface area contributed by atoms with Crippen LogP contribution in [-0.4, -0.2) is 35.0 Å². The second kappa shape index (κ2) is 7.36. The highest BCUT2D eigenvalue weighted by atomic mass is 79.9. The van der Waals surface area contributed by atoms with Crippen LogP contribution in [0.2, 0.25) is 0 Å². The molecule has 8 atom stereocenters. The molecule has 6 rings (SSSR count). The highest BCUT2D eigenvalue weighted by Gasteiger charge is 2.74. The first-order valence-electron chi connectivity index (χ1n) is 11.8. The van der Waals surface area contributed by atoms with E-state index in [0.717, 1.165) is 38.5 Å². The minimum absolute atomic E-state index is 0.274. The Labute approximate surface area is 195 Å². The van der Waals surface area contributed by atoms with E-state index < -0.39 is 30.0 Å². The minimum Gasteiger partial charge on any atom is -0.449 e. The van der Waals surface area contributed by atoms with E-state index in [1.807, 2.05) is 6.08 Å². The number of ether oxygens (including phenoxy) is 2. The highest BCUT2D eigenvalue weighted by molar-refractivity contribution is 9.10. The molecule has 1 aliphatic heterocycles. The second-order valence-corrected chi connectivity index (χ2v) is 11.3. The van der Waals surface area contributed by atoms with E-state index in [4.69, 9.17) is 13.9 Å². The second-order valence-electron chi connectivity index (χ2n) is 10.5. The molecule has 2 heterocycles. The Morgan fingerprint density at radius 3 is 2.81 bits per heavy atom. The summed E-state index contributed by atoms with van der Waals surface area (Å²) in [6.07, 6.45) is 7.04. The van der Waals surface area contributed by atoms with Gasteiger partial charge in [0.25, 0.3) is 0 Å². The maximum atomic E-state index is 13.3. The smallest absolute Gasteiger partial charge is 0.218 e. The molecule has 1 aromatic heterocycles. The average Bonchev–Trinajstić information content (AvgIpc) is 3.44. The highest BCUT2D eigenvalue weighted by Crippen LogP contribution is 2.69. The molecule has 4 aliphatic carbocycles. The number of Topliss-reactive ketones (excluding diaryl/α,β-unsaturated/α-hetero) is 1. The van der Waals surface area contributed by atoms with E-state index >= 15 is 0 Å². The van der Waals surface area contributed by atoms with Crippen molar-refractivity contribution < 1.29 is 28.6 Å². The van der Waals surface area contributed by atoms with Gasteiger partial charge in [-0.1, -0.05) is 12.5 Å². The largest absolute Gasteiger partial charge is 0.449 e. The van der Waals surface area contributed by atoms with Crippen LogP contribution in [0.15, 0.2) is 32.9 Å². The molecule has 0 bridgehead atoms. The Hall–Kier alpha value is -1.28. The SMILES string of the molecule is C[C@]12CCC3C(CCC4=CC(=O)CC[C@@H]43)C1CC1O[C@@H](c3ccc(Br)o3)O[C@]12C(=O)CO. The molecule has 32 heavy (non-hydrogen) atoms. The number of aliphatic hydroxyl groups excluding tert-OH is 1. The quantitative estimate of drug-likeness (QED) is 0.651. The zero-order valence-electron chi connectivity index (χ0n) is 18.2. The van der Waals surface area contributed by atoms with Crippen LogP contribution in [0.1, 0.15) is 63.9 Å². The molecule has 0 aromatic carbocycles. The van der Waals surface area contributed by atoms with Gasteiger partial charge in [0.2, 0.25) is 6.29 Å². The summed E-state index contributed by atoms with van der Waals surface area (Å²) >= 11 is 3.32. The van der Waals surface area contributed by atoms with Gasteiger partial charge >= 0.3 is 0 Å². The fourth-order valence-corrected chi connectivity index (χ4v) is 8.45. The van der Waals surface area contributed by atoms with E-state index in [2.05, 4.69) is 22.9 Å². The Bertz CT molecular complexity index is 998. The molecule has 4 unspecified atom stereocenters. The molecule has 1 N–H and O–H groups in total. The summed E-state index contributed by atoms with van der Waals surface area (Å²) in [5.41, 5.74) is -0.204. The number of ketones is 2. The fourth-order valence-electron chi connectivity index (χ4n) is 8.13. The molecular weight excluding hydrogens is 476 g/mol. The van der Waals surface area contributed by atoms with Gasteiger partial charge in [-0.25, -0.2) is 0 Å². The Morgan fingerprint density at radius 2 is 2.06 bits per heavy atom. The van der Waals surface area contributed by atoms with Crippen molar-refractivity contribution in [3.63, 3.8) is 0 Å². The lowest BCUT2D eigenvalue weighted by atomic mass is 9.50. The van der Waals surface area contributed by atoms with Crippen LogP contribution in [0, 0.1) is 29.1 Å². The van der Waals surface area contributed by atoms with E-state index in [9.17, 15) is 14.7 Å². The number of furan rings is 1. The van der Waals surface area contributed by atoms with Crippen LogP contribution in [0.5, 0.6) is 0 Å². The predicted octanol–water partition coefficient (Wildman–Crippen LogP) is 4.51. The zero-order chi connectivity index (χ0) is 22.3. The van der Waals surface area contributed by atoms with Gasteiger partial charge < -0.3 is 19.0 Å². The molecule has 0 amide bonds. The monoisotopic (exact) mass is 504 g/mol. The number of aliphatic hydroxyl groups is 1. The number of hydrogen-bond acceptors (Lipinski definition) is 6. The number of rotatable bonds is 3. The summed E-state index contributed by atoms with van der Waals surface area (Å²) in [5.74, 6) is 2.36. The molecule has 7 heteroatoms. The summed E-state index contributed by atoms with van der Waals surface area (Å²) in [6, 6.07) is 3.58. The van der Waals surface area contributed by atoms with E-state index in [0.29, 0.717) is 40.5 Å². The van der Waals surface area contributed by atoms with Crippen LogP contribution in [-0.2, 0) is 19.1 Å². The van der Waals surface area contributed by atoms with Crippen molar-refractivity contribution >= 4 is 27.5 Å². The molecule has 4 fully saturated rings. The van der Waals surface area contributed by atoms with Crippen molar-refractivity contribution in [2.45, 2.75) is 69.9 Å². The van der Waals surface area contributed by atoms with Crippen LogP contribution in [0.4, 0.5) is 0 Å². The van der Waals surface area contributed by atoms with Gasteiger partial charge in [-0.15, -0.1) is 0 Å². The van der Waals surface area contributed by atoms with Crippen molar-refractivity contribution in [1.29, 1.82) is 0 Å². The number of carbonyl (C=O) groups excluding carboxylic acids is 2. The Kier molecular flexibility index (Phi) is 4.89. The number of fused-ring (bicyclic) bond motifs is 7. The normalized spacial score (nSPS) is 45.0. The van der Waals surface area contributed by atoms with Crippen molar-refractivity contribution in [2.75, 3.05) is 6.61 Å². The first-order chi connectivity index (χ1) is 15.4. The molecule has 0 radical (unpaired) electrons. The van der Waals surface area contributed by atoms with Gasteiger partial charge in [-0.3, -0.25) is 9.59 Å². The molecule has 0 spiro atoms. The maximum absolute atomic E-state index is 13.3. The number of allylic oxidation sites excluding steroid dienone is 1. The lowest BCUT2D eigenvalue weighted by Crippen LogP contribution is -2.59. The lowest BCUT2D eigenvalue weighted by molar-refractivity contribution is -0.188. The molecule has 1 saturated heterocycles. The first kappa shape index (κ1) is 21.3. The van der Waals surface area contributed by atoms with Crippen LogP contribution in [0.25, 0.3) is 0 Å². The van der Waals surface area contributed by atoms with Gasteiger partial charge in [0.1, 0.15) is 6.61 Å². The van der Waals surface area contributed by atoms with E-state index in [1.165, 1.54) is 5.57 Å². The fraction of sp³-hybridized carbons (Fsp3) is 0.680. The molecule has 1 aromatic rings. The van der Waals surface area contributed by atoms with E-state index in [-0.39, 0.29) is 11.6 Å². The summed E-state index contributed by atoms with van der Waals surface area (Å²) in [6.45, 7) is 1.63. The average molecular weight is 505 g/mol. The van der Waals surface area contributed by atoms with Crippen LogP contribution < -0.4 is 0 Å². The third-order valence-electron chi connectivity index (χ3n) is 9.42. The Balaban J connectivity index is 1.35. The predicted molar refractivity (Wildman–Crippen MR) is 117 cm³/mol. The molecule has 6 nitrogen and oxygen atoms in total. The van der Waals surface area contributed by atoms with Gasteiger partial charge in [0, 0.05) is 11.8 Å². The molecule has 3 saturated carbocycles. The summed E-state index contributed by atoms with van der Waals surface area (Å²) in [5, 5.41) is 9.96. The first-order valence-corrected chi connectivity index (χ1v) is 12.6. The summed E-state index contributed by atoms with van der Waals surface area (Å²) in [4.78, 5) is 25.3. The van der Waals surface area contributed by atoms with Crippen molar-refractivity contribution in [1.82, 2.24) is 0 Å².